The fourth-order valence-corrected chi connectivity index (χ4v) is 3.83. The highest BCUT2D eigenvalue weighted by Crippen LogP contribution is 2.23. The number of likely N-dealkylation sites (tertiary alicyclic amines) is 2. The summed E-state index contributed by atoms with van der Waals surface area (Å²) in [6, 6.07) is 12.1. The minimum absolute atomic E-state index is 0.442. The van der Waals surface area contributed by atoms with Gasteiger partial charge in [-0.1, -0.05) is 37.3 Å². The molecular weight excluding hydrogens is 258 g/mol. The zero-order valence-electron chi connectivity index (χ0n) is 13.2. The summed E-state index contributed by atoms with van der Waals surface area (Å²) < 4.78 is 0. The topological polar surface area (TPSA) is 32.5 Å². The molecule has 2 N–H and O–H groups in total. The molecule has 3 rings (SSSR count). The van der Waals surface area contributed by atoms with Gasteiger partial charge in [0.15, 0.2) is 0 Å². The Balaban J connectivity index is 1.48. The molecule has 116 valence electrons. The Kier molecular flexibility index (Phi) is 4.94. The lowest BCUT2D eigenvalue weighted by Crippen LogP contribution is -2.46. The molecule has 0 bridgehead atoms. The van der Waals surface area contributed by atoms with Crippen LogP contribution in [-0.4, -0.2) is 54.6 Å². The number of piperidine rings is 1. The van der Waals surface area contributed by atoms with Crippen LogP contribution in [0.3, 0.4) is 0 Å². The molecule has 3 nitrogen and oxygen atoms in total. The van der Waals surface area contributed by atoms with Gasteiger partial charge >= 0.3 is 0 Å². The fourth-order valence-electron chi connectivity index (χ4n) is 3.83. The molecule has 2 aliphatic rings. The summed E-state index contributed by atoms with van der Waals surface area (Å²) in [4.78, 5) is 5.33. The Hall–Kier alpha value is -0.900. The van der Waals surface area contributed by atoms with Gasteiger partial charge in [-0.25, -0.2) is 0 Å². The summed E-state index contributed by atoms with van der Waals surface area (Å²) in [6.45, 7) is 8.44. The molecule has 0 amide bonds. The van der Waals surface area contributed by atoms with Gasteiger partial charge in [0, 0.05) is 25.2 Å². The van der Waals surface area contributed by atoms with Gasteiger partial charge in [0.2, 0.25) is 0 Å². The van der Waals surface area contributed by atoms with Gasteiger partial charge in [-0.05, 0) is 50.4 Å². The Morgan fingerprint density at radius 3 is 2.52 bits per heavy atom. The zero-order chi connectivity index (χ0) is 14.7. The number of nitrogens with two attached hydrogens (primary N) is 1. The van der Waals surface area contributed by atoms with E-state index in [-0.39, 0.29) is 0 Å². The van der Waals surface area contributed by atoms with Gasteiger partial charge in [0.25, 0.3) is 0 Å². The molecule has 0 aliphatic carbocycles. The Bertz CT molecular complexity index is 425. The van der Waals surface area contributed by atoms with Gasteiger partial charge in [-0.3, -0.25) is 4.90 Å². The van der Waals surface area contributed by atoms with Crippen LogP contribution >= 0.6 is 0 Å². The lowest BCUT2D eigenvalue weighted by atomic mass is 10.0. The molecule has 0 aromatic heterocycles. The third kappa shape index (κ3) is 3.85. The lowest BCUT2D eigenvalue weighted by Gasteiger charge is -2.34. The third-order valence-corrected chi connectivity index (χ3v) is 5.24. The fraction of sp³-hybridized carbons (Fsp3) is 0.667. The average Bonchev–Trinajstić information content (AvgIpc) is 2.97. The maximum Gasteiger partial charge on any atom is 0.0235 e. The van der Waals surface area contributed by atoms with Crippen LogP contribution in [0.25, 0.3) is 0 Å². The van der Waals surface area contributed by atoms with E-state index in [1.165, 1.54) is 57.5 Å². The van der Waals surface area contributed by atoms with Crippen molar-refractivity contribution in [2.45, 2.75) is 44.2 Å². The first-order valence-electron chi connectivity index (χ1n) is 8.49. The molecule has 1 aromatic carbocycles. The van der Waals surface area contributed by atoms with Crippen molar-refractivity contribution >= 4 is 0 Å². The Morgan fingerprint density at radius 1 is 1.10 bits per heavy atom. The molecule has 2 heterocycles. The second-order valence-corrected chi connectivity index (χ2v) is 6.89. The lowest BCUT2D eigenvalue weighted by molar-refractivity contribution is 0.151. The highest BCUT2D eigenvalue weighted by molar-refractivity contribution is 5.19. The van der Waals surface area contributed by atoms with Gasteiger partial charge in [0.1, 0.15) is 0 Å². The van der Waals surface area contributed by atoms with Gasteiger partial charge in [0.05, 0.1) is 0 Å². The third-order valence-electron chi connectivity index (χ3n) is 5.24. The molecule has 2 saturated heterocycles. The van der Waals surface area contributed by atoms with E-state index in [0.717, 1.165) is 6.04 Å². The predicted octanol–water partition coefficient (Wildman–Crippen LogP) is 2.29. The van der Waals surface area contributed by atoms with E-state index in [4.69, 9.17) is 5.73 Å². The summed E-state index contributed by atoms with van der Waals surface area (Å²) in [7, 11) is 0. The maximum atomic E-state index is 6.02. The molecule has 2 fully saturated rings. The highest BCUT2D eigenvalue weighted by Gasteiger charge is 2.30. The molecule has 0 radical (unpaired) electrons. The van der Waals surface area contributed by atoms with E-state index in [1.807, 2.05) is 0 Å². The first kappa shape index (κ1) is 15.0. The van der Waals surface area contributed by atoms with E-state index >= 15 is 0 Å². The minimum atomic E-state index is 0.442. The first-order chi connectivity index (χ1) is 10.2. The summed E-state index contributed by atoms with van der Waals surface area (Å²) in [5.74, 6) is 0.625. The van der Waals surface area contributed by atoms with Crippen LogP contribution in [0.5, 0.6) is 0 Å². The summed E-state index contributed by atoms with van der Waals surface area (Å²) in [5, 5.41) is 0. The molecule has 2 aliphatic heterocycles. The predicted molar refractivity (Wildman–Crippen MR) is 88.5 cm³/mol. The van der Waals surface area contributed by atoms with E-state index in [1.54, 1.807) is 0 Å². The van der Waals surface area contributed by atoms with Crippen molar-refractivity contribution in [1.82, 2.24) is 9.80 Å². The maximum absolute atomic E-state index is 6.02. The molecule has 1 aromatic rings. The monoisotopic (exact) mass is 287 g/mol. The summed E-state index contributed by atoms with van der Waals surface area (Å²) in [6.07, 6.45) is 3.69. The highest BCUT2D eigenvalue weighted by atomic mass is 15.3. The SMILES string of the molecule is CC(CN1CCC(N2CCC(N)CC2)C1)c1ccccc1. The molecule has 2 atom stereocenters. The summed E-state index contributed by atoms with van der Waals surface area (Å²) in [5.41, 5.74) is 7.48. The molecular formula is C18H29N3. The molecule has 3 heteroatoms. The number of nitrogens with zero attached hydrogens (tertiary/aromatic N) is 2. The van der Waals surface area contributed by atoms with E-state index in [0.29, 0.717) is 12.0 Å². The van der Waals surface area contributed by atoms with Crippen LogP contribution in [0.1, 0.15) is 37.7 Å². The first-order valence-corrected chi connectivity index (χ1v) is 8.49. The standard InChI is InChI=1S/C18H29N3/c1-15(16-5-3-2-4-6-16)13-20-10-9-18(14-20)21-11-7-17(19)8-12-21/h2-6,15,17-18H,7-14,19H2,1H3. The van der Waals surface area contributed by atoms with Crippen LogP contribution in [0.15, 0.2) is 30.3 Å². The number of rotatable bonds is 4. The second-order valence-electron chi connectivity index (χ2n) is 6.89. The molecule has 0 saturated carbocycles. The van der Waals surface area contributed by atoms with Crippen molar-refractivity contribution in [1.29, 1.82) is 0 Å². The van der Waals surface area contributed by atoms with Gasteiger partial charge < -0.3 is 10.6 Å². The van der Waals surface area contributed by atoms with Crippen LogP contribution in [0.2, 0.25) is 0 Å². The van der Waals surface area contributed by atoms with Crippen LogP contribution in [-0.2, 0) is 0 Å². The Morgan fingerprint density at radius 2 is 1.81 bits per heavy atom. The number of hydrogen-bond acceptors (Lipinski definition) is 3. The largest absolute Gasteiger partial charge is 0.328 e. The summed E-state index contributed by atoms with van der Waals surface area (Å²) >= 11 is 0. The van der Waals surface area contributed by atoms with Crippen molar-refractivity contribution in [3.8, 4) is 0 Å². The smallest absolute Gasteiger partial charge is 0.0235 e. The van der Waals surface area contributed by atoms with Crippen LogP contribution < -0.4 is 5.73 Å². The van der Waals surface area contributed by atoms with Crippen molar-refractivity contribution in [3.05, 3.63) is 35.9 Å². The second kappa shape index (κ2) is 6.91. The van der Waals surface area contributed by atoms with Crippen molar-refractivity contribution in [2.75, 3.05) is 32.7 Å². The molecule has 21 heavy (non-hydrogen) atoms. The molecule has 0 spiro atoms. The van der Waals surface area contributed by atoms with E-state index < -0.39 is 0 Å². The van der Waals surface area contributed by atoms with Crippen LogP contribution in [0, 0.1) is 0 Å². The van der Waals surface area contributed by atoms with Crippen molar-refractivity contribution in [3.63, 3.8) is 0 Å². The Labute approximate surface area is 129 Å². The normalized spacial score (nSPS) is 27.0. The molecule has 2 unspecified atom stereocenters. The van der Waals surface area contributed by atoms with Crippen molar-refractivity contribution < 1.29 is 0 Å². The average molecular weight is 287 g/mol. The quantitative estimate of drug-likeness (QED) is 0.922. The van der Waals surface area contributed by atoms with Crippen LogP contribution in [0.4, 0.5) is 0 Å². The van der Waals surface area contributed by atoms with Gasteiger partial charge in [-0.2, -0.15) is 0 Å². The van der Waals surface area contributed by atoms with E-state index in [2.05, 4.69) is 47.1 Å². The van der Waals surface area contributed by atoms with Gasteiger partial charge in [-0.15, -0.1) is 0 Å². The zero-order valence-corrected chi connectivity index (χ0v) is 13.2. The van der Waals surface area contributed by atoms with E-state index in [9.17, 15) is 0 Å². The number of hydrogen-bond donors (Lipinski definition) is 1. The van der Waals surface area contributed by atoms with Crippen molar-refractivity contribution in [2.24, 2.45) is 5.73 Å². The number of benzene rings is 1. The minimum Gasteiger partial charge on any atom is -0.328 e.